The zero-order valence-corrected chi connectivity index (χ0v) is 9.74. The maximum absolute atomic E-state index is 11.5. The van der Waals surface area contributed by atoms with Crippen molar-refractivity contribution in [2.75, 3.05) is 13.2 Å². The van der Waals surface area contributed by atoms with E-state index in [1.165, 1.54) is 24.4 Å². The van der Waals surface area contributed by atoms with Crippen LogP contribution in [-0.4, -0.2) is 30.4 Å². The zero-order valence-electron chi connectivity index (χ0n) is 9.74. The lowest BCUT2D eigenvalue weighted by Gasteiger charge is -2.09. The van der Waals surface area contributed by atoms with Gasteiger partial charge in [0.25, 0.3) is 5.69 Å². The molecule has 0 aromatic heterocycles. The van der Waals surface area contributed by atoms with Crippen LogP contribution in [0.5, 0.6) is 5.75 Å². The summed E-state index contributed by atoms with van der Waals surface area (Å²) in [4.78, 5) is 14.2. The molecule has 18 heavy (non-hydrogen) atoms. The number of hydrogen-bond acceptors (Lipinski definition) is 5. The molecule has 1 heterocycles. The van der Waals surface area contributed by atoms with Gasteiger partial charge in [0, 0.05) is 25.0 Å². The highest BCUT2D eigenvalue weighted by Gasteiger charge is 2.14. The Labute approximate surface area is 104 Å². The Kier molecular flexibility index (Phi) is 3.88. The van der Waals surface area contributed by atoms with E-state index in [-0.39, 0.29) is 23.1 Å². The Hall–Kier alpha value is -1.95. The van der Waals surface area contributed by atoms with Crippen LogP contribution in [0.15, 0.2) is 23.2 Å². The SMILES string of the molecule is O=[N+]([O-])c1ccc([O-])c(C=NC[C@@H]2CCCO2)c1. The fraction of sp³-hybridized carbons (Fsp3) is 0.417. The van der Waals surface area contributed by atoms with Crippen molar-refractivity contribution in [3.63, 3.8) is 0 Å². The van der Waals surface area contributed by atoms with Crippen molar-refractivity contribution in [3.05, 3.63) is 33.9 Å². The highest BCUT2D eigenvalue weighted by molar-refractivity contribution is 5.84. The number of rotatable bonds is 4. The maximum atomic E-state index is 11.5. The van der Waals surface area contributed by atoms with Crippen LogP contribution in [-0.2, 0) is 4.74 Å². The third-order valence-corrected chi connectivity index (χ3v) is 2.77. The van der Waals surface area contributed by atoms with Crippen LogP contribution in [0, 0.1) is 10.1 Å². The van der Waals surface area contributed by atoms with Crippen molar-refractivity contribution in [2.45, 2.75) is 18.9 Å². The van der Waals surface area contributed by atoms with E-state index in [0.29, 0.717) is 6.54 Å². The largest absolute Gasteiger partial charge is 0.872 e. The Morgan fingerprint density at radius 2 is 2.39 bits per heavy atom. The fourth-order valence-corrected chi connectivity index (χ4v) is 1.81. The molecule has 6 nitrogen and oxygen atoms in total. The summed E-state index contributed by atoms with van der Waals surface area (Å²) in [5.41, 5.74) is 0.135. The smallest absolute Gasteiger partial charge is 0.270 e. The molecule has 1 fully saturated rings. The van der Waals surface area contributed by atoms with Crippen LogP contribution in [0.2, 0.25) is 0 Å². The van der Waals surface area contributed by atoms with Crippen molar-refractivity contribution in [1.29, 1.82) is 0 Å². The van der Waals surface area contributed by atoms with Crippen LogP contribution >= 0.6 is 0 Å². The maximum Gasteiger partial charge on any atom is 0.270 e. The van der Waals surface area contributed by atoms with E-state index in [2.05, 4.69) is 4.99 Å². The highest BCUT2D eigenvalue weighted by atomic mass is 16.6. The molecule has 1 aliphatic heterocycles. The van der Waals surface area contributed by atoms with Crippen molar-refractivity contribution in [1.82, 2.24) is 0 Å². The summed E-state index contributed by atoms with van der Waals surface area (Å²) in [7, 11) is 0. The molecule has 0 radical (unpaired) electrons. The van der Waals surface area contributed by atoms with E-state index in [9.17, 15) is 15.2 Å². The van der Waals surface area contributed by atoms with Gasteiger partial charge < -0.3 is 9.84 Å². The minimum Gasteiger partial charge on any atom is -0.872 e. The molecule has 0 spiro atoms. The molecule has 0 unspecified atom stereocenters. The molecule has 2 rings (SSSR count). The van der Waals surface area contributed by atoms with E-state index in [4.69, 9.17) is 4.74 Å². The lowest BCUT2D eigenvalue weighted by atomic mass is 10.2. The zero-order chi connectivity index (χ0) is 13.0. The highest BCUT2D eigenvalue weighted by Crippen LogP contribution is 2.19. The molecule has 1 aromatic carbocycles. The van der Waals surface area contributed by atoms with E-state index in [0.717, 1.165) is 19.4 Å². The van der Waals surface area contributed by atoms with Gasteiger partial charge in [0.15, 0.2) is 0 Å². The van der Waals surface area contributed by atoms with Gasteiger partial charge in [0.2, 0.25) is 0 Å². The quantitative estimate of drug-likeness (QED) is 0.456. The molecule has 1 saturated heterocycles. The van der Waals surface area contributed by atoms with Crippen molar-refractivity contribution < 1.29 is 14.8 Å². The van der Waals surface area contributed by atoms with E-state index < -0.39 is 4.92 Å². The van der Waals surface area contributed by atoms with Crippen LogP contribution in [0.25, 0.3) is 0 Å². The van der Waals surface area contributed by atoms with E-state index in [1.54, 1.807) is 0 Å². The van der Waals surface area contributed by atoms with Gasteiger partial charge in [-0.25, -0.2) is 0 Å². The molecule has 0 N–H and O–H groups in total. The van der Waals surface area contributed by atoms with Gasteiger partial charge in [-0.3, -0.25) is 15.1 Å². The molecule has 0 aliphatic carbocycles. The van der Waals surface area contributed by atoms with Gasteiger partial charge in [0.05, 0.1) is 17.6 Å². The second-order valence-electron chi connectivity index (χ2n) is 4.11. The van der Waals surface area contributed by atoms with E-state index >= 15 is 0 Å². The van der Waals surface area contributed by atoms with Crippen molar-refractivity contribution in [2.24, 2.45) is 4.99 Å². The van der Waals surface area contributed by atoms with Gasteiger partial charge in [-0.2, -0.15) is 0 Å². The van der Waals surface area contributed by atoms with Gasteiger partial charge in [-0.15, -0.1) is 0 Å². The van der Waals surface area contributed by atoms with Gasteiger partial charge >= 0.3 is 0 Å². The topological polar surface area (TPSA) is 87.8 Å². The number of nitro groups is 1. The third-order valence-electron chi connectivity index (χ3n) is 2.77. The Balaban J connectivity index is 2.04. The summed E-state index contributed by atoms with van der Waals surface area (Å²) >= 11 is 0. The normalized spacial score (nSPS) is 19.4. The Morgan fingerprint density at radius 1 is 1.56 bits per heavy atom. The minimum atomic E-state index is -0.531. The number of non-ortho nitro benzene ring substituents is 1. The number of nitro benzene ring substituents is 1. The number of ether oxygens (including phenoxy) is 1. The number of benzene rings is 1. The monoisotopic (exact) mass is 249 g/mol. The summed E-state index contributed by atoms with van der Waals surface area (Å²) in [5.74, 6) is -0.267. The first-order valence-electron chi connectivity index (χ1n) is 5.73. The molecule has 0 bridgehead atoms. The van der Waals surface area contributed by atoms with E-state index in [1.807, 2.05) is 0 Å². The summed E-state index contributed by atoms with van der Waals surface area (Å²) in [6.07, 6.45) is 3.49. The molecule has 6 heteroatoms. The summed E-state index contributed by atoms with van der Waals surface area (Å²) in [6, 6.07) is 3.62. The average Bonchev–Trinajstić information content (AvgIpc) is 2.84. The Morgan fingerprint density at radius 3 is 3.06 bits per heavy atom. The Bertz CT molecular complexity index is 467. The molecule has 1 aromatic rings. The first kappa shape index (κ1) is 12.5. The minimum absolute atomic E-state index is 0.104. The second-order valence-corrected chi connectivity index (χ2v) is 4.11. The molecular weight excluding hydrogens is 236 g/mol. The van der Waals surface area contributed by atoms with Gasteiger partial charge in [-0.1, -0.05) is 11.8 Å². The first-order chi connectivity index (χ1) is 8.66. The predicted octanol–water partition coefficient (Wildman–Crippen LogP) is 1.27. The summed E-state index contributed by atoms with van der Waals surface area (Å²) < 4.78 is 5.38. The van der Waals surface area contributed by atoms with Crippen molar-refractivity contribution in [3.8, 4) is 5.75 Å². The molecule has 96 valence electrons. The lowest BCUT2D eigenvalue weighted by molar-refractivity contribution is -0.385. The summed E-state index contributed by atoms with van der Waals surface area (Å²) in [6.45, 7) is 1.24. The van der Waals surface area contributed by atoms with Crippen LogP contribution in [0.4, 0.5) is 5.69 Å². The number of hydrogen-bond donors (Lipinski definition) is 0. The predicted molar refractivity (Wildman–Crippen MR) is 64.0 cm³/mol. The van der Waals surface area contributed by atoms with Gasteiger partial charge in [0.1, 0.15) is 0 Å². The van der Waals surface area contributed by atoms with Crippen LogP contribution < -0.4 is 5.11 Å². The molecular formula is C12H13N2O4-. The molecule has 0 amide bonds. The second kappa shape index (κ2) is 5.59. The lowest BCUT2D eigenvalue weighted by Crippen LogP contribution is -2.09. The summed E-state index contributed by atoms with van der Waals surface area (Å²) in [5, 5.41) is 22.1. The van der Waals surface area contributed by atoms with Gasteiger partial charge in [-0.05, 0) is 18.4 Å². The molecule has 0 saturated carbocycles. The van der Waals surface area contributed by atoms with Crippen LogP contribution in [0.1, 0.15) is 18.4 Å². The fourth-order valence-electron chi connectivity index (χ4n) is 1.81. The number of aliphatic imine (C=N–C) groups is 1. The van der Waals surface area contributed by atoms with Crippen molar-refractivity contribution >= 4 is 11.9 Å². The third kappa shape index (κ3) is 3.04. The standard InChI is InChI=1S/C12H14N2O4/c15-12-4-3-10(14(16)17)6-9(12)7-13-8-11-2-1-5-18-11/h3-4,6-7,11,15H,1-2,5,8H2/p-1/t11-/m0/s1. The first-order valence-corrected chi connectivity index (χ1v) is 5.73. The average molecular weight is 249 g/mol. The molecule has 1 aliphatic rings. The molecule has 1 atom stereocenters. The number of nitrogens with zero attached hydrogens (tertiary/aromatic N) is 2. The van der Waals surface area contributed by atoms with Crippen LogP contribution in [0.3, 0.4) is 0 Å².